The first-order valence-corrected chi connectivity index (χ1v) is 23.0. The van der Waals surface area contributed by atoms with Gasteiger partial charge in [0, 0.05) is 44.1 Å². The Morgan fingerprint density at radius 1 is 0.689 bits per heavy atom. The van der Waals surface area contributed by atoms with Crippen LogP contribution in [-0.4, -0.2) is 179 Å². The molecule has 0 aliphatic carbocycles. The number of hydrogen-bond donors (Lipinski definition) is 15. The zero-order valence-electron chi connectivity index (χ0n) is 39.8. The van der Waals surface area contributed by atoms with Crippen molar-refractivity contribution >= 4 is 65.2 Å². The minimum absolute atomic E-state index is 0.0283. The Labute approximate surface area is 421 Å². The number of phenolic OH excluding ortho intramolecular Hbond substituents is 2. The average molecular weight is 1040 g/mol. The fraction of sp³-hybridized carbons (Fsp3) is 0.435. The Hall–Kier alpha value is -8.66. The summed E-state index contributed by atoms with van der Waals surface area (Å²) in [5.74, 6) is -12.1. The van der Waals surface area contributed by atoms with Gasteiger partial charge in [-0.3, -0.25) is 47.9 Å². The van der Waals surface area contributed by atoms with Crippen molar-refractivity contribution in [1.29, 1.82) is 0 Å². The predicted molar refractivity (Wildman–Crippen MR) is 253 cm³/mol. The van der Waals surface area contributed by atoms with E-state index in [0.29, 0.717) is 16.8 Å². The van der Waals surface area contributed by atoms with Gasteiger partial charge in [-0.15, -0.1) is 0 Å². The number of hydrogen-bond acceptors (Lipinski definition) is 16. The molecular weight excluding hydrogens is 979 g/mol. The van der Waals surface area contributed by atoms with Crippen LogP contribution >= 0.6 is 0 Å². The van der Waals surface area contributed by atoms with Gasteiger partial charge >= 0.3 is 17.9 Å². The number of phenols is 2. The van der Waals surface area contributed by atoms with Gasteiger partial charge in [0.25, 0.3) is 0 Å². The number of aromatic hydroxyl groups is 2. The quantitative estimate of drug-likeness (QED) is 0.0327. The summed E-state index contributed by atoms with van der Waals surface area (Å²) in [6.45, 7) is -0.678. The highest BCUT2D eigenvalue weighted by Crippen LogP contribution is 2.21. The van der Waals surface area contributed by atoms with Crippen LogP contribution in [0.1, 0.15) is 55.8 Å². The van der Waals surface area contributed by atoms with Crippen LogP contribution in [0.5, 0.6) is 11.5 Å². The maximum atomic E-state index is 14.0. The molecule has 2 aromatic carbocycles. The number of rotatable bonds is 28. The highest BCUT2D eigenvalue weighted by Gasteiger charge is 2.40. The maximum Gasteiger partial charge on any atom is 0.326 e. The fourth-order valence-corrected chi connectivity index (χ4v) is 7.48. The Kier molecular flexibility index (Phi) is 21.8. The number of likely N-dealkylation sites (tertiary alicyclic amines) is 1. The summed E-state index contributed by atoms with van der Waals surface area (Å²) in [4.78, 5) is 150. The summed E-state index contributed by atoms with van der Waals surface area (Å²) in [6, 6.07) is -0.919. The van der Waals surface area contributed by atoms with E-state index >= 15 is 0 Å². The standard InChI is InChI=1S/C46H59N11O17/c1-23(51-40(67)29(47)12-13-37(62)63)39(66)54-32(18-38(64)65)45(72)57-14-2-3-35(57)44(71)53-30(15-24-4-8-27(59)9-5-24)41(68)49-20-36(61)52-31(17-26-19-48-22-50-26)42(69)56-34(21-58)43(70)55-33(46(73)74)16-25-6-10-28(60)11-7-25/h4-11,19,22-23,29-35,58-60H,2-3,12-18,20-21,47H2,1H3,(H,48,50)(H,49,68)(H,51,67)(H,52,61)(H,53,71)(H,54,66)(H,55,70)(H,56,69)(H,62,63)(H,64,65)(H,73,74)/t23-,29-,30-,31-,32-,33-,34-,35-/m0/s1. The van der Waals surface area contributed by atoms with Gasteiger partial charge in [0.1, 0.15) is 53.8 Å². The smallest absolute Gasteiger partial charge is 0.326 e. The summed E-state index contributed by atoms with van der Waals surface area (Å²) >= 11 is 0. The Morgan fingerprint density at radius 3 is 1.81 bits per heavy atom. The summed E-state index contributed by atoms with van der Waals surface area (Å²) in [5, 5.41) is 74.2. The Balaban J connectivity index is 1.45. The number of aromatic nitrogens is 2. The van der Waals surface area contributed by atoms with Crippen molar-refractivity contribution in [2.75, 3.05) is 19.7 Å². The van der Waals surface area contributed by atoms with E-state index in [1.807, 2.05) is 0 Å². The number of nitrogens with one attached hydrogen (secondary N) is 8. The number of amides is 8. The first-order valence-electron chi connectivity index (χ1n) is 23.0. The Morgan fingerprint density at radius 2 is 1.26 bits per heavy atom. The van der Waals surface area contributed by atoms with Crippen LogP contribution in [0.25, 0.3) is 0 Å². The molecule has 2 heterocycles. The van der Waals surface area contributed by atoms with Crippen molar-refractivity contribution in [2.24, 2.45) is 5.73 Å². The van der Waals surface area contributed by atoms with Gasteiger partial charge in [-0.25, -0.2) is 9.78 Å². The molecule has 0 unspecified atom stereocenters. The van der Waals surface area contributed by atoms with Crippen molar-refractivity contribution in [3.05, 3.63) is 77.9 Å². The van der Waals surface area contributed by atoms with Crippen molar-refractivity contribution in [2.45, 2.75) is 107 Å². The van der Waals surface area contributed by atoms with Gasteiger partial charge < -0.3 is 83.5 Å². The number of imidazole rings is 1. The minimum Gasteiger partial charge on any atom is -0.508 e. The molecule has 0 spiro atoms. The fourth-order valence-electron chi connectivity index (χ4n) is 7.48. The highest BCUT2D eigenvalue weighted by atomic mass is 16.4. The number of benzene rings is 2. The summed E-state index contributed by atoms with van der Waals surface area (Å²) in [7, 11) is 0. The molecule has 1 aliphatic rings. The molecule has 1 aromatic heterocycles. The van der Waals surface area contributed by atoms with Gasteiger partial charge in [0.05, 0.1) is 31.9 Å². The van der Waals surface area contributed by atoms with E-state index in [1.165, 1.54) is 68.0 Å². The number of carboxylic acid groups (broad SMARTS) is 3. The number of aromatic amines is 1. The van der Waals surface area contributed by atoms with Crippen molar-refractivity contribution in [3.63, 3.8) is 0 Å². The lowest BCUT2D eigenvalue weighted by Crippen LogP contribution is -2.59. The van der Waals surface area contributed by atoms with Crippen molar-refractivity contribution < 1.29 is 83.4 Å². The molecule has 400 valence electrons. The van der Waals surface area contributed by atoms with Crippen LogP contribution < -0.4 is 43.0 Å². The van der Waals surface area contributed by atoms with E-state index in [0.717, 1.165) is 4.90 Å². The number of nitrogens with zero attached hydrogens (tertiary/aromatic N) is 2. The van der Waals surface area contributed by atoms with Crippen LogP contribution in [0.15, 0.2) is 61.1 Å². The summed E-state index contributed by atoms with van der Waals surface area (Å²) < 4.78 is 0. The molecular formula is C46H59N11O17. The SMILES string of the molecule is C[C@H](NC(=O)[C@@H](N)CCC(=O)O)C(=O)N[C@@H](CC(=O)O)C(=O)N1CCC[C@H]1C(=O)N[C@@H](Cc1ccc(O)cc1)C(=O)NCC(=O)N[C@@H](Cc1cnc[nH]1)C(=O)N[C@@H](CO)C(=O)N[C@@H](Cc1ccc(O)cc1)C(=O)O. The van der Waals surface area contributed by atoms with E-state index in [-0.39, 0.29) is 56.6 Å². The van der Waals surface area contributed by atoms with Gasteiger partial charge in [-0.1, -0.05) is 24.3 Å². The normalized spacial score (nSPS) is 15.8. The second-order valence-electron chi connectivity index (χ2n) is 17.2. The third-order valence-electron chi connectivity index (χ3n) is 11.5. The van der Waals surface area contributed by atoms with Gasteiger partial charge in [0.15, 0.2) is 0 Å². The number of carbonyl (C=O) groups excluding carboxylic acids is 8. The zero-order valence-corrected chi connectivity index (χ0v) is 39.8. The van der Waals surface area contributed by atoms with Gasteiger partial charge in [-0.2, -0.15) is 0 Å². The largest absolute Gasteiger partial charge is 0.508 e. The Bertz CT molecular complexity index is 2490. The third-order valence-corrected chi connectivity index (χ3v) is 11.5. The zero-order chi connectivity index (χ0) is 54.6. The molecule has 28 heteroatoms. The number of H-pyrrole nitrogens is 1. The second-order valence-corrected chi connectivity index (χ2v) is 17.2. The number of carbonyl (C=O) groups is 11. The minimum atomic E-state index is -1.75. The van der Waals surface area contributed by atoms with Crippen molar-refractivity contribution in [3.8, 4) is 11.5 Å². The van der Waals surface area contributed by atoms with Crippen LogP contribution in [-0.2, 0) is 72.0 Å². The number of aliphatic carboxylic acids is 3. The predicted octanol–water partition coefficient (Wildman–Crippen LogP) is -4.37. The molecule has 0 radical (unpaired) electrons. The molecule has 1 aliphatic heterocycles. The lowest BCUT2D eigenvalue weighted by Gasteiger charge is -2.30. The number of aliphatic hydroxyl groups excluding tert-OH is 1. The topological polar surface area (TPSA) is 451 Å². The molecule has 1 fully saturated rings. The summed E-state index contributed by atoms with van der Waals surface area (Å²) in [6.07, 6.45) is 0.508. The maximum absolute atomic E-state index is 14.0. The van der Waals surface area contributed by atoms with Gasteiger partial charge in [0.2, 0.25) is 47.3 Å². The van der Waals surface area contributed by atoms with E-state index in [1.54, 1.807) is 0 Å². The van der Waals surface area contributed by atoms with E-state index in [4.69, 9.17) is 10.8 Å². The number of aliphatic hydroxyl groups is 1. The van der Waals surface area contributed by atoms with Crippen molar-refractivity contribution in [1.82, 2.24) is 52.1 Å². The molecule has 0 bridgehead atoms. The van der Waals surface area contributed by atoms with Crippen LogP contribution in [0.2, 0.25) is 0 Å². The molecule has 74 heavy (non-hydrogen) atoms. The first kappa shape index (κ1) is 57.9. The molecule has 28 nitrogen and oxygen atoms in total. The number of nitrogens with two attached hydrogens (primary N) is 1. The average Bonchev–Trinajstić information content (AvgIpc) is 4.07. The van der Waals surface area contributed by atoms with Crippen LogP contribution in [0.3, 0.4) is 0 Å². The molecule has 1 saturated heterocycles. The second kappa shape index (κ2) is 27.8. The van der Waals surface area contributed by atoms with Crippen LogP contribution in [0.4, 0.5) is 0 Å². The van der Waals surface area contributed by atoms with E-state index in [9.17, 15) is 78.3 Å². The third kappa shape index (κ3) is 18.2. The van der Waals surface area contributed by atoms with E-state index in [2.05, 4.69) is 47.2 Å². The molecule has 8 atom stereocenters. The highest BCUT2D eigenvalue weighted by molar-refractivity contribution is 5.98. The molecule has 16 N–H and O–H groups in total. The monoisotopic (exact) mass is 1040 g/mol. The lowest BCUT2D eigenvalue weighted by molar-refractivity contribution is -0.146. The lowest BCUT2D eigenvalue weighted by atomic mass is 10.0. The number of carboxylic acids is 3. The molecule has 3 aromatic rings. The summed E-state index contributed by atoms with van der Waals surface area (Å²) in [5.41, 5.74) is 6.87. The first-order chi connectivity index (χ1) is 35.0. The molecule has 8 amide bonds. The molecule has 0 saturated carbocycles. The molecule has 4 rings (SSSR count). The van der Waals surface area contributed by atoms with Gasteiger partial charge in [-0.05, 0) is 61.6 Å². The van der Waals surface area contributed by atoms with Crippen LogP contribution in [0, 0.1) is 0 Å². The van der Waals surface area contributed by atoms with E-state index < -0.39 is 139 Å².